The Bertz CT molecular complexity index is 941. The van der Waals surface area contributed by atoms with Gasteiger partial charge in [0.05, 0.1) is 6.54 Å². The van der Waals surface area contributed by atoms with Gasteiger partial charge in [-0.2, -0.15) is 0 Å². The number of benzene rings is 2. The topological polar surface area (TPSA) is 69.7 Å². The van der Waals surface area contributed by atoms with E-state index in [1.54, 1.807) is 17.0 Å². The van der Waals surface area contributed by atoms with E-state index in [0.29, 0.717) is 38.2 Å². The summed E-state index contributed by atoms with van der Waals surface area (Å²) < 4.78 is 0. The molecule has 2 aromatic rings. The van der Waals surface area contributed by atoms with Crippen LogP contribution in [0.4, 0.5) is 0 Å². The van der Waals surface area contributed by atoms with E-state index >= 15 is 0 Å². The van der Waals surface area contributed by atoms with Gasteiger partial charge >= 0.3 is 0 Å². The Hall–Kier alpha value is -3.15. The quantitative estimate of drug-likeness (QED) is 0.704. The molecule has 0 saturated carbocycles. The summed E-state index contributed by atoms with van der Waals surface area (Å²) in [5.74, 6) is -0.230. The fraction of sp³-hybridized carbons (Fsp3) is 0.444. The summed E-state index contributed by atoms with van der Waals surface area (Å²) in [5.41, 5.74) is 2.97. The van der Waals surface area contributed by atoms with Crippen molar-refractivity contribution in [2.45, 2.75) is 45.4 Å². The molecule has 3 rings (SSSR count). The molecule has 6 heteroatoms. The third-order valence-electron chi connectivity index (χ3n) is 6.10. The van der Waals surface area contributed by atoms with Crippen molar-refractivity contribution in [1.29, 1.82) is 0 Å². The molecule has 2 aromatic carbocycles. The van der Waals surface area contributed by atoms with Crippen LogP contribution in [-0.4, -0.2) is 60.2 Å². The molecule has 0 aromatic heterocycles. The van der Waals surface area contributed by atoms with E-state index < -0.39 is 0 Å². The highest BCUT2D eigenvalue weighted by Gasteiger charge is 2.24. The van der Waals surface area contributed by atoms with Crippen molar-refractivity contribution >= 4 is 17.7 Å². The van der Waals surface area contributed by atoms with E-state index in [0.717, 1.165) is 18.4 Å². The molecule has 1 fully saturated rings. The summed E-state index contributed by atoms with van der Waals surface area (Å²) in [6.45, 7) is 8.41. The van der Waals surface area contributed by atoms with E-state index in [2.05, 4.69) is 38.2 Å². The van der Waals surface area contributed by atoms with Gasteiger partial charge in [0, 0.05) is 38.2 Å². The van der Waals surface area contributed by atoms with E-state index in [-0.39, 0.29) is 29.7 Å². The molecule has 1 saturated heterocycles. The fourth-order valence-corrected chi connectivity index (χ4v) is 3.94. The molecule has 33 heavy (non-hydrogen) atoms. The summed E-state index contributed by atoms with van der Waals surface area (Å²) in [7, 11) is 0. The normalized spacial score (nSPS) is 14.2. The van der Waals surface area contributed by atoms with Gasteiger partial charge in [0.1, 0.15) is 0 Å². The number of nitrogens with one attached hydrogen (secondary N) is 1. The van der Waals surface area contributed by atoms with Gasteiger partial charge in [-0.3, -0.25) is 14.4 Å². The van der Waals surface area contributed by atoms with Crippen LogP contribution < -0.4 is 5.32 Å². The molecule has 1 aliphatic rings. The Labute approximate surface area is 197 Å². The first-order chi connectivity index (χ1) is 15.7. The maximum absolute atomic E-state index is 12.5. The second-order valence-electron chi connectivity index (χ2n) is 9.61. The molecular weight excluding hydrogens is 414 g/mol. The van der Waals surface area contributed by atoms with Crippen molar-refractivity contribution in [3.8, 4) is 0 Å². The minimum Gasteiger partial charge on any atom is -0.343 e. The predicted molar refractivity (Wildman–Crippen MR) is 130 cm³/mol. The molecule has 0 unspecified atom stereocenters. The molecule has 1 N–H and O–H groups in total. The second-order valence-corrected chi connectivity index (χ2v) is 9.61. The van der Waals surface area contributed by atoms with Crippen molar-refractivity contribution in [3.63, 3.8) is 0 Å². The maximum Gasteiger partial charge on any atom is 0.251 e. The van der Waals surface area contributed by atoms with Crippen LogP contribution in [0.5, 0.6) is 0 Å². The molecule has 6 nitrogen and oxygen atoms in total. The Morgan fingerprint density at radius 2 is 1.39 bits per heavy atom. The molecule has 0 atom stereocenters. The Kier molecular flexibility index (Phi) is 8.26. The Morgan fingerprint density at radius 1 is 0.818 bits per heavy atom. The molecular formula is C27H35N3O3. The highest BCUT2D eigenvalue weighted by molar-refractivity contribution is 5.96. The number of amides is 3. The number of hydrogen-bond donors (Lipinski definition) is 1. The average Bonchev–Trinajstić information content (AvgIpc) is 2.82. The van der Waals surface area contributed by atoms with Crippen LogP contribution >= 0.6 is 0 Å². The van der Waals surface area contributed by atoms with E-state index in [1.807, 2.05) is 35.2 Å². The summed E-state index contributed by atoms with van der Waals surface area (Å²) in [5, 5.41) is 2.72. The number of hydrogen-bond acceptors (Lipinski definition) is 3. The summed E-state index contributed by atoms with van der Waals surface area (Å²) in [6, 6.07) is 17.7. The van der Waals surface area contributed by atoms with Gasteiger partial charge in [-0.25, -0.2) is 0 Å². The average molecular weight is 450 g/mol. The Balaban J connectivity index is 1.37. The lowest BCUT2D eigenvalue weighted by atomic mass is 9.87. The minimum absolute atomic E-state index is 0.0242. The minimum atomic E-state index is -0.254. The lowest BCUT2D eigenvalue weighted by Gasteiger charge is -2.35. The van der Waals surface area contributed by atoms with Crippen LogP contribution in [-0.2, 0) is 21.4 Å². The van der Waals surface area contributed by atoms with Gasteiger partial charge in [-0.1, -0.05) is 63.2 Å². The lowest BCUT2D eigenvalue weighted by Crippen LogP contribution is -2.52. The number of piperazine rings is 1. The van der Waals surface area contributed by atoms with E-state index in [4.69, 9.17) is 0 Å². The van der Waals surface area contributed by atoms with Crippen LogP contribution in [0.2, 0.25) is 0 Å². The van der Waals surface area contributed by atoms with E-state index in [1.165, 1.54) is 5.56 Å². The lowest BCUT2D eigenvalue weighted by molar-refractivity contribution is -0.139. The summed E-state index contributed by atoms with van der Waals surface area (Å²) in [6.07, 6.45) is 2.24. The molecule has 0 radical (unpaired) electrons. The highest BCUT2D eigenvalue weighted by atomic mass is 16.2. The first-order valence-electron chi connectivity index (χ1n) is 11.7. The first-order valence-corrected chi connectivity index (χ1v) is 11.7. The van der Waals surface area contributed by atoms with Crippen LogP contribution in [0, 0.1) is 0 Å². The number of rotatable bonds is 7. The standard InChI is InChI=1S/C27H35N3O3/c1-27(2,3)23-14-12-22(13-15-23)26(33)28-20-25(32)30-18-16-29(17-19-30)24(31)11-7-10-21-8-5-4-6-9-21/h4-6,8-9,12-15H,7,10-11,16-20H2,1-3H3,(H,28,33). The van der Waals surface area contributed by atoms with Gasteiger partial charge in [0.25, 0.3) is 5.91 Å². The highest BCUT2D eigenvalue weighted by Crippen LogP contribution is 2.22. The molecule has 176 valence electrons. The van der Waals surface area contributed by atoms with Crippen LogP contribution in [0.1, 0.15) is 55.1 Å². The van der Waals surface area contributed by atoms with E-state index in [9.17, 15) is 14.4 Å². The second kappa shape index (κ2) is 11.1. The smallest absolute Gasteiger partial charge is 0.251 e. The maximum atomic E-state index is 12.5. The zero-order chi connectivity index (χ0) is 23.8. The van der Waals surface area contributed by atoms with Gasteiger partial charge < -0.3 is 15.1 Å². The largest absolute Gasteiger partial charge is 0.343 e. The molecule has 1 heterocycles. The van der Waals surface area contributed by atoms with Crippen LogP contribution in [0.15, 0.2) is 54.6 Å². The molecule has 1 aliphatic heterocycles. The number of nitrogens with zero attached hydrogens (tertiary/aromatic N) is 2. The molecule has 0 bridgehead atoms. The molecule has 0 spiro atoms. The number of carbonyl (C=O) groups is 3. The van der Waals surface area contributed by atoms with Gasteiger partial charge in [0.15, 0.2) is 0 Å². The first kappa shape index (κ1) is 24.5. The van der Waals surface area contributed by atoms with Crippen molar-refractivity contribution in [2.24, 2.45) is 0 Å². The zero-order valence-corrected chi connectivity index (χ0v) is 20.0. The summed E-state index contributed by atoms with van der Waals surface area (Å²) >= 11 is 0. The van der Waals surface area contributed by atoms with Crippen LogP contribution in [0.3, 0.4) is 0 Å². The number of aryl methyl sites for hydroxylation is 1. The monoisotopic (exact) mass is 449 g/mol. The van der Waals surface area contributed by atoms with Crippen molar-refractivity contribution in [1.82, 2.24) is 15.1 Å². The van der Waals surface area contributed by atoms with Gasteiger partial charge in [-0.05, 0) is 41.5 Å². The third kappa shape index (κ3) is 7.17. The van der Waals surface area contributed by atoms with Gasteiger partial charge in [-0.15, -0.1) is 0 Å². The fourth-order valence-electron chi connectivity index (χ4n) is 3.94. The van der Waals surface area contributed by atoms with Crippen molar-refractivity contribution in [3.05, 3.63) is 71.3 Å². The number of carbonyl (C=O) groups excluding carboxylic acids is 3. The predicted octanol–water partition coefficient (Wildman–Crippen LogP) is 3.41. The SMILES string of the molecule is CC(C)(C)c1ccc(C(=O)NCC(=O)N2CCN(C(=O)CCCc3ccccc3)CC2)cc1. The zero-order valence-electron chi connectivity index (χ0n) is 20.0. The van der Waals surface area contributed by atoms with Gasteiger partial charge in [0.2, 0.25) is 11.8 Å². The Morgan fingerprint density at radius 3 is 1.97 bits per heavy atom. The third-order valence-corrected chi connectivity index (χ3v) is 6.10. The molecule has 3 amide bonds. The van der Waals surface area contributed by atoms with Crippen molar-refractivity contribution in [2.75, 3.05) is 32.7 Å². The summed E-state index contributed by atoms with van der Waals surface area (Å²) in [4.78, 5) is 41.0. The van der Waals surface area contributed by atoms with Crippen molar-refractivity contribution < 1.29 is 14.4 Å². The molecule has 0 aliphatic carbocycles. The van der Waals surface area contributed by atoms with Crippen LogP contribution in [0.25, 0.3) is 0 Å².